The van der Waals surface area contributed by atoms with Gasteiger partial charge in [-0.05, 0) is 70.5 Å². The van der Waals surface area contributed by atoms with Crippen molar-refractivity contribution >= 4 is 39.1 Å². The molecule has 0 unspecified atom stereocenters. The molecule has 238 valence electrons. The Labute approximate surface area is 264 Å². The van der Waals surface area contributed by atoms with Crippen molar-refractivity contribution in [2.45, 2.75) is 57.6 Å². The minimum Gasteiger partial charge on any atom is -0.495 e. The Hall–Kier alpha value is -3.96. The van der Waals surface area contributed by atoms with Crippen LogP contribution in [0.15, 0.2) is 65.6 Å². The van der Waals surface area contributed by atoms with E-state index in [1.807, 2.05) is 52.0 Å². The van der Waals surface area contributed by atoms with Gasteiger partial charge in [0.05, 0.1) is 31.9 Å². The predicted octanol–water partition coefficient (Wildman–Crippen LogP) is 5.20. The molecule has 3 aromatic carbocycles. The Kier molecular flexibility index (Phi) is 11.2. The summed E-state index contributed by atoms with van der Waals surface area (Å²) in [4.78, 5) is 28.7. The molecule has 12 heteroatoms. The van der Waals surface area contributed by atoms with E-state index in [1.165, 1.54) is 56.6 Å². The number of methoxy groups -OCH3 is 3. The van der Waals surface area contributed by atoms with Crippen LogP contribution in [0.2, 0.25) is 5.02 Å². The highest BCUT2D eigenvalue weighted by molar-refractivity contribution is 7.92. The lowest BCUT2D eigenvalue weighted by molar-refractivity contribution is -0.140. The number of nitrogens with one attached hydrogen (secondary N) is 1. The van der Waals surface area contributed by atoms with Crippen molar-refractivity contribution in [2.75, 3.05) is 32.2 Å². The summed E-state index contributed by atoms with van der Waals surface area (Å²) in [5, 5.41) is 3.14. The van der Waals surface area contributed by atoms with Crippen LogP contribution in [0.5, 0.6) is 17.2 Å². The second-order valence-electron chi connectivity index (χ2n) is 11.3. The first-order valence-electron chi connectivity index (χ1n) is 13.9. The highest BCUT2D eigenvalue weighted by Crippen LogP contribution is 2.37. The molecule has 0 aliphatic rings. The number of aryl methyl sites for hydroxylation is 1. The number of amides is 2. The van der Waals surface area contributed by atoms with E-state index in [0.717, 1.165) is 15.4 Å². The Morgan fingerprint density at radius 3 is 2.05 bits per heavy atom. The molecule has 10 nitrogen and oxygen atoms in total. The third kappa shape index (κ3) is 8.35. The van der Waals surface area contributed by atoms with Crippen LogP contribution >= 0.6 is 11.6 Å². The maximum absolute atomic E-state index is 14.3. The molecule has 3 aromatic rings. The van der Waals surface area contributed by atoms with Crippen LogP contribution in [0.4, 0.5) is 5.69 Å². The number of hydrogen-bond acceptors (Lipinski definition) is 7. The Balaban J connectivity index is 2.15. The van der Waals surface area contributed by atoms with E-state index in [0.29, 0.717) is 5.75 Å². The number of ether oxygens (including phenoxy) is 3. The van der Waals surface area contributed by atoms with E-state index < -0.39 is 34.1 Å². The van der Waals surface area contributed by atoms with E-state index in [2.05, 4.69) is 5.32 Å². The molecule has 0 radical (unpaired) electrons. The van der Waals surface area contributed by atoms with Gasteiger partial charge in [0.25, 0.3) is 10.0 Å². The van der Waals surface area contributed by atoms with Crippen molar-refractivity contribution in [2.24, 2.45) is 0 Å². The highest BCUT2D eigenvalue weighted by atomic mass is 35.5. The van der Waals surface area contributed by atoms with Crippen molar-refractivity contribution in [3.05, 3.63) is 76.8 Å². The maximum atomic E-state index is 14.3. The van der Waals surface area contributed by atoms with Crippen LogP contribution in [0, 0.1) is 6.92 Å². The zero-order valence-corrected chi connectivity index (χ0v) is 27.9. The first-order valence-corrected chi connectivity index (χ1v) is 15.7. The smallest absolute Gasteiger partial charge is 0.265 e. The number of rotatable bonds is 12. The van der Waals surface area contributed by atoms with Gasteiger partial charge in [-0.3, -0.25) is 13.9 Å². The molecule has 1 N–H and O–H groups in total. The molecule has 0 aromatic heterocycles. The van der Waals surface area contributed by atoms with Gasteiger partial charge in [-0.1, -0.05) is 41.4 Å². The maximum Gasteiger partial charge on any atom is 0.265 e. The van der Waals surface area contributed by atoms with Gasteiger partial charge in [-0.25, -0.2) is 8.42 Å². The molecular formula is C32H40ClN3O7S. The molecule has 44 heavy (non-hydrogen) atoms. The van der Waals surface area contributed by atoms with Gasteiger partial charge in [0.2, 0.25) is 11.8 Å². The summed E-state index contributed by atoms with van der Waals surface area (Å²) in [7, 11) is -0.215. The van der Waals surface area contributed by atoms with Gasteiger partial charge < -0.3 is 24.4 Å². The van der Waals surface area contributed by atoms with Crippen molar-refractivity contribution in [1.82, 2.24) is 10.2 Å². The minimum absolute atomic E-state index is 0.0465. The third-order valence-electron chi connectivity index (χ3n) is 6.77. The molecule has 0 saturated heterocycles. The molecule has 0 aliphatic heterocycles. The number of sulfonamides is 1. The number of carbonyl (C=O) groups excluding carboxylic acids is 2. The molecule has 1 atom stereocenters. The summed E-state index contributed by atoms with van der Waals surface area (Å²) in [6.07, 6.45) is 0. The fourth-order valence-electron chi connectivity index (χ4n) is 4.42. The third-order valence-corrected chi connectivity index (χ3v) is 8.76. The lowest BCUT2D eigenvalue weighted by atomic mass is 10.1. The summed E-state index contributed by atoms with van der Waals surface area (Å²) >= 11 is 6.31. The summed E-state index contributed by atoms with van der Waals surface area (Å²) in [6.45, 7) is 8.48. The summed E-state index contributed by atoms with van der Waals surface area (Å²) in [5.41, 5.74) is 1.30. The largest absolute Gasteiger partial charge is 0.495 e. The molecule has 2 amide bonds. The Bertz CT molecular complexity index is 1590. The number of halogens is 1. The fourth-order valence-corrected chi connectivity index (χ4v) is 6.02. The Morgan fingerprint density at radius 1 is 0.886 bits per heavy atom. The van der Waals surface area contributed by atoms with Gasteiger partial charge in [0, 0.05) is 23.2 Å². The second-order valence-corrected chi connectivity index (χ2v) is 13.6. The van der Waals surface area contributed by atoms with Crippen LogP contribution in [-0.4, -0.2) is 64.6 Å². The van der Waals surface area contributed by atoms with Gasteiger partial charge in [0.1, 0.15) is 18.3 Å². The number of carbonyl (C=O) groups is 2. The molecule has 0 heterocycles. The van der Waals surface area contributed by atoms with Gasteiger partial charge in [-0.15, -0.1) is 0 Å². The molecule has 0 fully saturated rings. The van der Waals surface area contributed by atoms with E-state index in [-0.39, 0.29) is 39.6 Å². The molecule has 3 rings (SSSR count). The number of anilines is 1. The van der Waals surface area contributed by atoms with E-state index in [9.17, 15) is 18.0 Å². The number of benzene rings is 3. The van der Waals surface area contributed by atoms with Crippen LogP contribution in [-0.2, 0) is 26.2 Å². The van der Waals surface area contributed by atoms with E-state index in [1.54, 1.807) is 13.0 Å². The van der Waals surface area contributed by atoms with Gasteiger partial charge >= 0.3 is 0 Å². The second kappa shape index (κ2) is 14.2. The van der Waals surface area contributed by atoms with Crippen molar-refractivity contribution in [3.63, 3.8) is 0 Å². The average molecular weight is 646 g/mol. The number of hydrogen-bond donors (Lipinski definition) is 1. The predicted molar refractivity (Wildman–Crippen MR) is 171 cm³/mol. The van der Waals surface area contributed by atoms with Crippen LogP contribution in [0.3, 0.4) is 0 Å². The molecule has 0 bridgehead atoms. The molecule has 0 aliphatic carbocycles. The normalized spacial score (nSPS) is 12.2. The summed E-state index contributed by atoms with van der Waals surface area (Å²) in [5.74, 6) is -0.306. The summed E-state index contributed by atoms with van der Waals surface area (Å²) < 4.78 is 45.6. The average Bonchev–Trinajstić information content (AvgIpc) is 2.97. The monoisotopic (exact) mass is 645 g/mol. The van der Waals surface area contributed by atoms with Crippen LogP contribution in [0.25, 0.3) is 0 Å². The van der Waals surface area contributed by atoms with Crippen LogP contribution in [0.1, 0.15) is 38.8 Å². The van der Waals surface area contributed by atoms with Gasteiger partial charge in [0.15, 0.2) is 11.5 Å². The lowest BCUT2D eigenvalue weighted by Crippen LogP contribution is -2.54. The van der Waals surface area contributed by atoms with E-state index >= 15 is 0 Å². The zero-order valence-electron chi connectivity index (χ0n) is 26.3. The van der Waals surface area contributed by atoms with Gasteiger partial charge in [-0.2, -0.15) is 0 Å². The first-order chi connectivity index (χ1) is 20.6. The fraction of sp³-hybridized carbons (Fsp3) is 0.375. The lowest BCUT2D eigenvalue weighted by Gasteiger charge is -2.33. The Morgan fingerprint density at radius 2 is 1.48 bits per heavy atom. The quantitative estimate of drug-likeness (QED) is 0.288. The van der Waals surface area contributed by atoms with Crippen LogP contribution < -0.4 is 23.8 Å². The molecular weight excluding hydrogens is 606 g/mol. The first kappa shape index (κ1) is 34.5. The zero-order chi connectivity index (χ0) is 32.8. The van der Waals surface area contributed by atoms with Crippen molar-refractivity contribution < 1.29 is 32.2 Å². The van der Waals surface area contributed by atoms with Crippen molar-refractivity contribution in [3.8, 4) is 17.2 Å². The summed E-state index contributed by atoms with van der Waals surface area (Å²) in [6, 6.07) is 15.2. The number of nitrogens with zero attached hydrogens (tertiary/aromatic N) is 2. The highest BCUT2D eigenvalue weighted by Gasteiger charge is 2.35. The topological polar surface area (TPSA) is 114 Å². The molecule has 0 saturated carbocycles. The van der Waals surface area contributed by atoms with Crippen molar-refractivity contribution in [1.29, 1.82) is 0 Å². The SMILES string of the molecule is COc1ccc(S(=O)(=O)N(CC(=O)N(Cc2ccc(C)cc2)[C@@H](C)C(=O)NC(C)(C)C)c2cc(Cl)ccc2OC)cc1OC. The standard InChI is InChI=1S/C32H40ClN3O7S/c1-21-9-11-23(12-10-21)19-35(22(2)31(38)34-32(3,4)5)30(37)20-36(26-17-24(33)13-15-27(26)41-6)44(39,40)25-14-16-28(42-7)29(18-25)43-8/h9-18,22H,19-20H2,1-8H3,(H,34,38)/t22-/m0/s1. The van der Waals surface area contributed by atoms with E-state index in [4.69, 9.17) is 25.8 Å². The molecule has 0 spiro atoms. The minimum atomic E-state index is -4.43.